The number of allylic oxidation sites excluding steroid dienone is 9. The van der Waals surface area contributed by atoms with Gasteiger partial charge in [0.25, 0.3) is 0 Å². The third-order valence-electron chi connectivity index (χ3n) is 11.4. The number of phosphoric ester groups is 1. The Morgan fingerprint density at radius 3 is 1.37 bits per heavy atom. The first-order valence-electron chi connectivity index (χ1n) is 26.2. The molecule has 0 aromatic heterocycles. The van der Waals surface area contributed by atoms with Gasteiger partial charge in [-0.3, -0.25) is 13.8 Å². The molecule has 0 spiro atoms. The molecule has 0 aromatic carbocycles. The van der Waals surface area contributed by atoms with E-state index in [9.17, 15) is 19.4 Å². The summed E-state index contributed by atoms with van der Waals surface area (Å²) in [5, 5.41) is 13.9. The Kier molecular flexibility index (Phi) is 44.1. The summed E-state index contributed by atoms with van der Waals surface area (Å²) >= 11 is 0. The van der Waals surface area contributed by atoms with Crippen LogP contribution >= 0.6 is 7.82 Å². The van der Waals surface area contributed by atoms with Gasteiger partial charge in [0, 0.05) is 6.42 Å². The van der Waals surface area contributed by atoms with E-state index in [0.29, 0.717) is 17.4 Å². The van der Waals surface area contributed by atoms with E-state index in [2.05, 4.69) is 67.8 Å². The number of phosphoric acid groups is 1. The van der Waals surface area contributed by atoms with E-state index in [1.54, 1.807) is 6.08 Å². The first kappa shape index (κ1) is 61.2. The molecule has 0 heterocycles. The van der Waals surface area contributed by atoms with Gasteiger partial charge in [-0.1, -0.05) is 203 Å². The summed E-state index contributed by atoms with van der Waals surface area (Å²) in [4.78, 5) is 23.2. The number of hydrogen-bond donors (Lipinski definition) is 3. The van der Waals surface area contributed by atoms with E-state index in [1.807, 2.05) is 27.2 Å². The molecule has 0 rings (SSSR count). The van der Waals surface area contributed by atoms with Crippen LogP contribution in [0.3, 0.4) is 0 Å². The van der Waals surface area contributed by atoms with Crippen LogP contribution in [0.4, 0.5) is 0 Å². The zero-order chi connectivity index (χ0) is 46.4. The Balaban J connectivity index is 4.39. The van der Waals surface area contributed by atoms with E-state index in [0.717, 1.165) is 51.4 Å². The highest BCUT2D eigenvalue weighted by Crippen LogP contribution is 2.43. The smallest absolute Gasteiger partial charge is 0.387 e. The normalized spacial score (nSPS) is 14.6. The van der Waals surface area contributed by atoms with E-state index < -0.39 is 20.0 Å². The van der Waals surface area contributed by atoms with Crippen LogP contribution in [0.1, 0.15) is 226 Å². The number of aliphatic hydroxyl groups is 1. The van der Waals surface area contributed by atoms with E-state index in [-0.39, 0.29) is 19.1 Å². The Hall–Kier alpha value is -1.80. The van der Waals surface area contributed by atoms with Crippen LogP contribution < -0.4 is 5.32 Å². The Morgan fingerprint density at radius 2 is 0.921 bits per heavy atom. The summed E-state index contributed by atoms with van der Waals surface area (Å²) in [5.41, 5.74) is 0. The van der Waals surface area contributed by atoms with Crippen LogP contribution in [0.5, 0.6) is 0 Å². The Morgan fingerprint density at radius 1 is 0.540 bits per heavy atom. The summed E-state index contributed by atoms with van der Waals surface area (Å²) < 4.78 is 23.6. The molecule has 0 radical (unpaired) electrons. The van der Waals surface area contributed by atoms with Crippen LogP contribution in [0, 0.1) is 0 Å². The van der Waals surface area contributed by atoms with Crippen LogP contribution in [0.15, 0.2) is 60.8 Å². The van der Waals surface area contributed by atoms with Crippen molar-refractivity contribution >= 4 is 13.7 Å². The second-order valence-corrected chi connectivity index (χ2v) is 20.3. The largest absolute Gasteiger partial charge is 0.472 e. The van der Waals surface area contributed by atoms with E-state index in [4.69, 9.17) is 9.05 Å². The van der Waals surface area contributed by atoms with Gasteiger partial charge in [0.15, 0.2) is 0 Å². The third-order valence-corrected chi connectivity index (χ3v) is 12.4. The lowest BCUT2D eigenvalue weighted by atomic mass is 10.1. The number of carbonyl (C=O) groups is 1. The van der Waals surface area contributed by atoms with Gasteiger partial charge in [0.1, 0.15) is 13.2 Å². The van der Waals surface area contributed by atoms with Crippen LogP contribution in [-0.2, 0) is 18.4 Å². The van der Waals surface area contributed by atoms with Crippen molar-refractivity contribution in [3.8, 4) is 0 Å². The van der Waals surface area contributed by atoms with Crippen molar-refractivity contribution in [2.24, 2.45) is 0 Å². The summed E-state index contributed by atoms with van der Waals surface area (Å²) in [7, 11) is 1.54. The zero-order valence-electron chi connectivity index (χ0n) is 41.8. The number of nitrogens with one attached hydrogen (secondary N) is 1. The van der Waals surface area contributed by atoms with Gasteiger partial charge in [-0.25, -0.2) is 4.57 Å². The molecule has 3 N–H and O–H groups in total. The van der Waals surface area contributed by atoms with Crippen molar-refractivity contribution < 1.29 is 32.9 Å². The second kappa shape index (κ2) is 45.4. The third kappa shape index (κ3) is 48.0. The molecule has 0 fully saturated rings. The van der Waals surface area contributed by atoms with Gasteiger partial charge in [-0.05, 0) is 77.0 Å². The van der Waals surface area contributed by atoms with Gasteiger partial charge in [0.05, 0.1) is 39.9 Å². The highest BCUT2D eigenvalue weighted by molar-refractivity contribution is 7.47. The molecular formula is C54H102N2O6P+. The SMILES string of the molecule is CCCCCCC/C=C\C/C=C\CCCCCCCCCCCC(=O)NC(COP(=O)(O)OCC[N+](C)(C)C)C(O)/C=C/CC/C=C/CC/C=C/CCCCCCCCCCCC. The molecule has 9 heteroatoms. The van der Waals surface area contributed by atoms with Crippen molar-refractivity contribution in [2.75, 3.05) is 40.9 Å². The van der Waals surface area contributed by atoms with Gasteiger partial charge in [-0.2, -0.15) is 0 Å². The molecule has 0 aliphatic heterocycles. The van der Waals surface area contributed by atoms with Crippen molar-refractivity contribution in [3.05, 3.63) is 60.8 Å². The first-order valence-corrected chi connectivity index (χ1v) is 27.7. The van der Waals surface area contributed by atoms with Gasteiger partial charge >= 0.3 is 7.82 Å². The molecule has 3 atom stereocenters. The number of rotatable bonds is 47. The molecule has 368 valence electrons. The predicted octanol–water partition coefficient (Wildman–Crippen LogP) is 15.4. The minimum atomic E-state index is -4.36. The minimum Gasteiger partial charge on any atom is -0.387 e. The van der Waals surface area contributed by atoms with Gasteiger partial charge < -0.3 is 19.8 Å². The summed E-state index contributed by atoms with van der Waals surface area (Å²) in [6, 6.07) is -0.874. The lowest BCUT2D eigenvalue weighted by Crippen LogP contribution is -2.45. The minimum absolute atomic E-state index is 0.0508. The monoisotopic (exact) mass is 906 g/mol. The van der Waals surface area contributed by atoms with Gasteiger partial charge in [0.2, 0.25) is 5.91 Å². The molecule has 1 amide bonds. The zero-order valence-corrected chi connectivity index (χ0v) is 42.7. The molecule has 0 aliphatic carbocycles. The number of likely N-dealkylation sites (N-methyl/N-ethyl adjacent to an activating group) is 1. The fourth-order valence-corrected chi connectivity index (χ4v) is 8.02. The lowest BCUT2D eigenvalue weighted by molar-refractivity contribution is -0.870. The highest BCUT2D eigenvalue weighted by atomic mass is 31.2. The maximum atomic E-state index is 12.9. The molecule has 0 bridgehead atoms. The molecule has 0 saturated carbocycles. The van der Waals surface area contributed by atoms with Crippen LogP contribution in [-0.4, -0.2) is 73.4 Å². The first-order chi connectivity index (χ1) is 30.5. The van der Waals surface area contributed by atoms with Crippen molar-refractivity contribution in [1.82, 2.24) is 5.32 Å². The fourth-order valence-electron chi connectivity index (χ4n) is 7.28. The number of unbranched alkanes of at least 4 members (excludes halogenated alkanes) is 26. The molecule has 3 unspecified atom stereocenters. The summed E-state index contributed by atoms with van der Waals surface area (Å²) in [6.45, 7) is 4.78. The molecule has 0 saturated heterocycles. The average Bonchev–Trinajstić information content (AvgIpc) is 3.24. The van der Waals surface area contributed by atoms with Crippen molar-refractivity contribution in [1.29, 1.82) is 0 Å². The molecular weight excluding hydrogens is 804 g/mol. The molecule has 0 aliphatic rings. The Labute approximate surface area is 390 Å². The molecule has 63 heavy (non-hydrogen) atoms. The second-order valence-electron chi connectivity index (χ2n) is 18.9. The predicted molar refractivity (Wildman–Crippen MR) is 272 cm³/mol. The van der Waals surface area contributed by atoms with Crippen molar-refractivity contribution in [2.45, 2.75) is 238 Å². The topological polar surface area (TPSA) is 105 Å². The van der Waals surface area contributed by atoms with Crippen molar-refractivity contribution in [3.63, 3.8) is 0 Å². The van der Waals surface area contributed by atoms with Crippen LogP contribution in [0.25, 0.3) is 0 Å². The maximum Gasteiger partial charge on any atom is 0.472 e. The van der Waals surface area contributed by atoms with E-state index >= 15 is 0 Å². The quantitative estimate of drug-likeness (QED) is 0.0243. The van der Waals surface area contributed by atoms with Gasteiger partial charge in [-0.15, -0.1) is 0 Å². The highest BCUT2D eigenvalue weighted by Gasteiger charge is 2.27. The number of amides is 1. The fraction of sp³-hybridized carbons (Fsp3) is 0.796. The van der Waals surface area contributed by atoms with E-state index in [1.165, 1.54) is 154 Å². The number of quaternary nitrogens is 1. The summed E-state index contributed by atoms with van der Waals surface area (Å²) in [5.74, 6) is -0.196. The Bertz CT molecular complexity index is 1210. The number of aliphatic hydroxyl groups excluding tert-OH is 1. The average molecular weight is 906 g/mol. The van der Waals surface area contributed by atoms with Crippen LogP contribution in [0.2, 0.25) is 0 Å². The maximum absolute atomic E-state index is 12.9. The molecule has 8 nitrogen and oxygen atoms in total. The summed E-state index contributed by atoms with van der Waals surface area (Å²) in [6.07, 6.45) is 60.2. The molecule has 0 aromatic rings. The number of carbonyl (C=O) groups excluding carboxylic acids is 1. The standard InChI is InChI=1S/C54H101N2O6P/c1-6-8-10-12-14-16-18-20-22-24-26-28-30-32-34-36-38-40-42-44-46-48-54(58)55-52(51-62-63(59,60)61-50-49-56(3,4)5)53(57)47-45-43-41-39-37-35-33-31-29-27-25-23-21-19-17-15-13-11-9-7-2/h18,20,24,26,29,31,37,39,45,47,52-53,57H,6-17,19,21-23,25,27-28,30,32-36,38,40-44,46,48-51H2,1-5H3,(H-,55,58,59,60)/p+1/b20-18-,26-24-,31-29+,39-37+,47-45+. The number of hydrogen-bond acceptors (Lipinski definition) is 5. The lowest BCUT2D eigenvalue weighted by Gasteiger charge is -2.25. The number of nitrogens with zero attached hydrogens (tertiary/aromatic N) is 1.